The summed E-state index contributed by atoms with van der Waals surface area (Å²) in [6.45, 7) is 11.8. The Hall–Kier alpha value is -0.160. The van der Waals surface area contributed by atoms with Gasteiger partial charge in [0.1, 0.15) is 0 Å². The first-order valence-electron chi connectivity index (χ1n) is 6.48. The normalized spacial score (nSPS) is 22.5. The van der Waals surface area contributed by atoms with Gasteiger partial charge in [0, 0.05) is 32.3 Å². The smallest absolute Gasteiger partial charge is 0.0634 e. The lowest BCUT2D eigenvalue weighted by Crippen LogP contribution is -2.51. The molecule has 0 amide bonds. The first kappa shape index (κ1) is 13.9. The Labute approximate surface area is 99.3 Å². The van der Waals surface area contributed by atoms with Crippen LogP contribution in [-0.2, 0) is 9.47 Å². The molecule has 1 saturated heterocycles. The van der Waals surface area contributed by atoms with Gasteiger partial charge in [-0.05, 0) is 19.9 Å². The molecule has 1 fully saturated rings. The standard InChI is InChI=1S/C12H26N2O2/c1-3-5-13-10-12-11-16-9-7-14(12)6-8-15-4-2/h12-13H,3-11H2,1-2H3. The van der Waals surface area contributed by atoms with Crippen LogP contribution in [0.3, 0.4) is 0 Å². The average Bonchev–Trinajstić information content (AvgIpc) is 2.32. The Morgan fingerprint density at radius 1 is 1.44 bits per heavy atom. The second kappa shape index (κ2) is 8.93. The molecule has 0 aromatic heterocycles. The predicted octanol–water partition coefficient (Wildman–Crippen LogP) is 0.723. The van der Waals surface area contributed by atoms with Gasteiger partial charge in [-0.2, -0.15) is 0 Å². The van der Waals surface area contributed by atoms with Crippen molar-refractivity contribution in [1.29, 1.82) is 0 Å². The average molecular weight is 230 g/mol. The molecule has 0 aromatic rings. The van der Waals surface area contributed by atoms with Crippen molar-refractivity contribution in [2.24, 2.45) is 0 Å². The van der Waals surface area contributed by atoms with Crippen LogP contribution < -0.4 is 5.32 Å². The summed E-state index contributed by atoms with van der Waals surface area (Å²) in [4.78, 5) is 2.47. The van der Waals surface area contributed by atoms with Crippen LogP contribution in [0, 0.1) is 0 Å². The van der Waals surface area contributed by atoms with Crippen molar-refractivity contribution in [3.05, 3.63) is 0 Å². The van der Waals surface area contributed by atoms with E-state index in [0.29, 0.717) is 6.04 Å². The lowest BCUT2D eigenvalue weighted by Gasteiger charge is -2.35. The second-order valence-corrected chi connectivity index (χ2v) is 4.17. The summed E-state index contributed by atoms with van der Waals surface area (Å²) in [6.07, 6.45) is 1.19. The molecular weight excluding hydrogens is 204 g/mol. The molecule has 1 N–H and O–H groups in total. The SMILES string of the molecule is CCCNCC1COCCN1CCOCC. The first-order valence-corrected chi connectivity index (χ1v) is 6.48. The van der Waals surface area contributed by atoms with Gasteiger partial charge in [0.05, 0.1) is 19.8 Å². The molecule has 16 heavy (non-hydrogen) atoms. The van der Waals surface area contributed by atoms with E-state index in [1.807, 2.05) is 6.92 Å². The van der Waals surface area contributed by atoms with E-state index < -0.39 is 0 Å². The Bertz CT molecular complexity index is 149. The Morgan fingerprint density at radius 2 is 2.31 bits per heavy atom. The van der Waals surface area contributed by atoms with Crippen molar-refractivity contribution < 1.29 is 9.47 Å². The van der Waals surface area contributed by atoms with Crippen LogP contribution in [0.15, 0.2) is 0 Å². The maximum absolute atomic E-state index is 5.53. The molecule has 1 unspecified atom stereocenters. The third-order valence-electron chi connectivity index (χ3n) is 2.88. The van der Waals surface area contributed by atoms with E-state index in [4.69, 9.17) is 9.47 Å². The Balaban J connectivity index is 2.20. The molecule has 0 saturated carbocycles. The van der Waals surface area contributed by atoms with Crippen LogP contribution in [0.4, 0.5) is 0 Å². The number of ether oxygens (including phenoxy) is 2. The number of hydrogen-bond acceptors (Lipinski definition) is 4. The van der Waals surface area contributed by atoms with Gasteiger partial charge < -0.3 is 14.8 Å². The lowest BCUT2D eigenvalue weighted by molar-refractivity contribution is -0.0186. The zero-order valence-corrected chi connectivity index (χ0v) is 10.7. The fourth-order valence-corrected chi connectivity index (χ4v) is 1.94. The predicted molar refractivity (Wildman–Crippen MR) is 65.8 cm³/mol. The zero-order valence-electron chi connectivity index (χ0n) is 10.7. The first-order chi connectivity index (χ1) is 7.88. The fraction of sp³-hybridized carbons (Fsp3) is 1.00. The molecule has 0 aliphatic carbocycles. The van der Waals surface area contributed by atoms with Gasteiger partial charge in [-0.15, -0.1) is 0 Å². The van der Waals surface area contributed by atoms with Gasteiger partial charge in [-0.1, -0.05) is 6.92 Å². The van der Waals surface area contributed by atoms with Crippen LogP contribution in [0.25, 0.3) is 0 Å². The molecule has 0 aromatic carbocycles. The summed E-state index contributed by atoms with van der Waals surface area (Å²) in [7, 11) is 0. The van der Waals surface area contributed by atoms with Crippen molar-refractivity contribution in [2.75, 3.05) is 52.6 Å². The molecule has 4 heteroatoms. The summed E-state index contributed by atoms with van der Waals surface area (Å²) in [5.74, 6) is 0. The second-order valence-electron chi connectivity index (χ2n) is 4.17. The molecule has 0 radical (unpaired) electrons. The maximum Gasteiger partial charge on any atom is 0.0634 e. The minimum Gasteiger partial charge on any atom is -0.380 e. The van der Waals surface area contributed by atoms with Crippen LogP contribution >= 0.6 is 0 Å². The van der Waals surface area contributed by atoms with Crippen molar-refractivity contribution in [3.63, 3.8) is 0 Å². The van der Waals surface area contributed by atoms with Gasteiger partial charge in [-0.3, -0.25) is 4.90 Å². The van der Waals surface area contributed by atoms with Crippen molar-refractivity contribution in [3.8, 4) is 0 Å². The number of rotatable bonds is 8. The van der Waals surface area contributed by atoms with Gasteiger partial charge >= 0.3 is 0 Å². The number of nitrogens with zero attached hydrogens (tertiary/aromatic N) is 1. The molecule has 1 heterocycles. The fourth-order valence-electron chi connectivity index (χ4n) is 1.94. The number of hydrogen-bond donors (Lipinski definition) is 1. The molecule has 0 bridgehead atoms. The molecule has 0 spiro atoms. The summed E-state index contributed by atoms with van der Waals surface area (Å²) >= 11 is 0. The lowest BCUT2D eigenvalue weighted by atomic mass is 10.2. The van der Waals surface area contributed by atoms with E-state index in [-0.39, 0.29) is 0 Å². The zero-order chi connectivity index (χ0) is 11.6. The van der Waals surface area contributed by atoms with Gasteiger partial charge in [0.25, 0.3) is 0 Å². The van der Waals surface area contributed by atoms with Crippen LogP contribution in [0.5, 0.6) is 0 Å². The van der Waals surface area contributed by atoms with Crippen molar-refractivity contribution >= 4 is 0 Å². The molecular formula is C12H26N2O2. The number of morpholine rings is 1. The summed E-state index contributed by atoms with van der Waals surface area (Å²) in [5, 5.41) is 3.46. The minimum absolute atomic E-state index is 0.515. The van der Waals surface area contributed by atoms with E-state index in [9.17, 15) is 0 Å². The highest BCUT2D eigenvalue weighted by atomic mass is 16.5. The topological polar surface area (TPSA) is 33.7 Å². The van der Waals surface area contributed by atoms with E-state index in [0.717, 1.165) is 52.6 Å². The van der Waals surface area contributed by atoms with Gasteiger partial charge in [-0.25, -0.2) is 0 Å². The highest BCUT2D eigenvalue weighted by Gasteiger charge is 2.21. The van der Waals surface area contributed by atoms with E-state index in [1.54, 1.807) is 0 Å². The highest BCUT2D eigenvalue weighted by molar-refractivity contribution is 4.77. The van der Waals surface area contributed by atoms with Crippen LogP contribution in [-0.4, -0.2) is 63.5 Å². The quantitative estimate of drug-likeness (QED) is 0.623. The molecule has 96 valence electrons. The van der Waals surface area contributed by atoms with Gasteiger partial charge in [0.15, 0.2) is 0 Å². The molecule has 1 aliphatic heterocycles. The molecule has 1 atom stereocenters. The minimum atomic E-state index is 0.515. The molecule has 4 nitrogen and oxygen atoms in total. The van der Waals surface area contributed by atoms with Gasteiger partial charge in [0.2, 0.25) is 0 Å². The third kappa shape index (κ3) is 5.25. The highest BCUT2D eigenvalue weighted by Crippen LogP contribution is 2.05. The largest absolute Gasteiger partial charge is 0.380 e. The van der Waals surface area contributed by atoms with Crippen LogP contribution in [0.2, 0.25) is 0 Å². The summed E-state index contributed by atoms with van der Waals surface area (Å²) in [6, 6.07) is 0.515. The monoisotopic (exact) mass is 230 g/mol. The molecule has 1 rings (SSSR count). The van der Waals surface area contributed by atoms with E-state index >= 15 is 0 Å². The summed E-state index contributed by atoms with van der Waals surface area (Å²) < 4.78 is 10.9. The van der Waals surface area contributed by atoms with Crippen molar-refractivity contribution in [2.45, 2.75) is 26.3 Å². The van der Waals surface area contributed by atoms with Crippen molar-refractivity contribution in [1.82, 2.24) is 10.2 Å². The maximum atomic E-state index is 5.53. The number of nitrogens with one attached hydrogen (secondary N) is 1. The van der Waals surface area contributed by atoms with E-state index in [1.165, 1.54) is 6.42 Å². The van der Waals surface area contributed by atoms with E-state index in [2.05, 4.69) is 17.1 Å². The third-order valence-corrected chi connectivity index (χ3v) is 2.88. The Morgan fingerprint density at radius 3 is 3.06 bits per heavy atom. The Kier molecular flexibility index (Phi) is 7.76. The summed E-state index contributed by atoms with van der Waals surface area (Å²) in [5.41, 5.74) is 0. The molecule has 1 aliphatic rings. The van der Waals surface area contributed by atoms with Crippen LogP contribution in [0.1, 0.15) is 20.3 Å².